The van der Waals surface area contributed by atoms with Gasteiger partial charge in [-0.05, 0) is 19.8 Å². The number of unbranched alkanes of at least 4 members (excludes halogenated alkanes) is 1. The summed E-state index contributed by atoms with van der Waals surface area (Å²) < 4.78 is 4.99. The largest absolute Gasteiger partial charge is 0.465 e. The molecule has 0 rings (SSSR count). The van der Waals surface area contributed by atoms with Gasteiger partial charge in [0, 0.05) is 0 Å². The van der Waals surface area contributed by atoms with E-state index in [4.69, 9.17) is 4.74 Å². The first-order valence-corrected chi connectivity index (χ1v) is 5.45. The predicted molar refractivity (Wildman–Crippen MR) is 56.0 cm³/mol. The zero-order valence-corrected chi connectivity index (χ0v) is 9.51. The van der Waals surface area contributed by atoms with Crippen LogP contribution in [0.5, 0.6) is 0 Å². The van der Waals surface area contributed by atoms with Crippen LogP contribution in [0.3, 0.4) is 0 Å². The highest BCUT2D eigenvalue weighted by atomic mass is 16.5. The van der Waals surface area contributed by atoms with Gasteiger partial charge in [-0.25, -0.2) is 0 Å². The second-order valence-corrected chi connectivity index (χ2v) is 3.62. The van der Waals surface area contributed by atoms with Crippen LogP contribution in [-0.4, -0.2) is 24.3 Å². The fraction of sp³-hybridized carbons (Fsp3) is 0.909. The van der Waals surface area contributed by atoms with Crippen molar-refractivity contribution >= 4 is 5.97 Å². The minimum Gasteiger partial charge on any atom is -0.465 e. The van der Waals surface area contributed by atoms with E-state index in [1.807, 2.05) is 6.92 Å². The Morgan fingerprint density at radius 1 is 1.36 bits per heavy atom. The van der Waals surface area contributed by atoms with Crippen LogP contribution >= 0.6 is 0 Å². The van der Waals surface area contributed by atoms with Gasteiger partial charge in [-0.2, -0.15) is 0 Å². The average Bonchev–Trinajstić information content (AvgIpc) is 2.21. The molecule has 0 saturated carbocycles. The fourth-order valence-corrected chi connectivity index (χ4v) is 1.48. The van der Waals surface area contributed by atoms with Gasteiger partial charge in [-0.3, -0.25) is 4.79 Å². The number of aliphatic hydroxyl groups excluding tert-OH is 1. The summed E-state index contributed by atoms with van der Waals surface area (Å²) in [7, 11) is 0. The van der Waals surface area contributed by atoms with Crippen LogP contribution in [0.4, 0.5) is 0 Å². The molecule has 0 aliphatic heterocycles. The molecule has 0 aromatic rings. The Kier molecular flexibility index (Phi) is 6.54. The van der Waals surface area contributed by atoms with Crippen molar-refractivity contribution in [2.45, 2.75) is 46.5 Å². The molecule has 0 bridgehead atoms. The Balaban J connectivity index is 4.42. The highest BCUT2D eigenvalue weighted by molar-refractivity contribution is 5.76. The molecule has 0 aliphatic rings. The number of aliphatic hydroxyl groups is 1. The molecule has 1 N–H and O–H groups in total. The Morgan fingerprint density at radius 3 is 2.36 bits per heavy atom. The van der Waals surface area contributed by atoms with Crippen molar-refractivity contribution in [1.29, 1.82) is 0 Å². The summed E-state index contributed by atoms with van der Waals surface area (Å²) in [6, 6.07) is 0. The molecule has 3 heteroatoms. The SMILES string of the molecule is CCCC[C@](CC)(CO)C(=O)OCC. The van der Waals surface area contributed by atoms with E-state index < -0.39 is 5.41 Å². The van der Waals surface area contributed by atoms with Gasteiger partial charge in [0.25, 0.3) is 0 Å². The van der Waals surface area contributed by atoms with Crippen LogP contribution in [0.25, 0.3) is 0 Å². The van der Waals surface area contributed by atoms with Crippen molar-refractivity contribution < 1.29 is 14.6 Å². The third-order valence-corrected chi connectivity index (χ3v) is 2.70. The molecule has 0 heterocycles. The maximum Gasteiger partial charge on any atom is 0.314 e. The van der Waals surface area contributed by atoms with Gasteiger partial charge in [0.1, 0.15) is 0 Å². The van der Waals surface area contributed by atoms with Crippen LogP contribution < -0.4 is 0 Å². The van der Waals surface area contributed by atoms with Crippen LogP contribution in [0.2, 0.25) is 0 Å². The molecular formula is C11H22O3. The topological polar surface area (TPSA) is 46.5 Å². The maximum absolute atomic E-state index is 11.7. The highest BCUT2D eigenvalue weighted by Crippen LogP contribution is 2.29. The van der Waals surface area contributed by atoms with Crippen LogP contribution in [0.1, 0.15) is 46.5 Å². The minimum atomic E-state index is -0.661. The lowest BCUT2D eigenvalue weighted by Crippen LogP contribution is -2.36. The van der Waals surface area contributed by atoms with E-state index in [-0.39, 0.29) is 12.6 Å². The van der Waals surface area contributed by atoms with E-state index in [0.29, 0.717) is 13.0 Å². The van der Waals surface area contributed by atoms with Crippen molar-refractivity contribution in [2.24, 2.45) is 5.41 Å². The number of hydrogen-bond acceptors (Lipinski definition) is 3. The van der Waals surface area contributed by atoms with E-state index in [9.17, 15) is 9.90 Å². The summed E-state index contributed by atoms with van der Waals surface area (Å²) in [5.74, 6) is -0.251. The first kappa shape index (κ1) is 13.4. The Labute approximate surface area is 86.5 Å². The smallest absolute Gasteiger partial charge is 0.314 e. The fourth-order valence-electron chi connectivity index (χ4n) is 1.48. The first-order chi connectivity index (χ1) is 6.66. The monoisotopic (exact) mass is 202 g/mol. The molecule has 0 fully saturated rings. The zero-order chi connectivity index (χ0) is 11.0. The molecule has 0 radical (unpaired) electrons. The Morgan fingerprint density at radius 2 is 2.00 bits per heavy atom. The van der Waals surface area contributed by atoms with E-state index in [0.717, 1.165) is 19.3 Å². The molecule has 0 aromatic heterocycles. The Hall–Kier alpha value is -0.570. The molecule has 0 amide bonds. The molecule has 0 aliphatic carbocycles. The maximum atomic E-state index is 11.7. The molecule has 14 heavy (non-hydrogen) atoms. The summed E-state index contributed by atoms with van der Waals surface area (Å²) in [6.07, 6.45) is 3.34. The lowest BCUT2D eigenvalue weighted by atomic mass is 9.81. The lowest BCUT2D eigenvalue weighted by Gasteiger charge is -2.27. The van der Waals surface area contributed by atoms with E-state index in [1.54, 1.807) is 6.92 Å². The normalized spacial score (nSPS) is 14.9. The van der Waals surface area contributed by atoms with E-state index >= 15 is 0 Å². The third kappa shape index (κ3) is 3.29. The number of rotatable bonds is 7. The molecule has 1 atom stereocenters. The van der Waals surface area contributed by atoms with Gasteiger partial charge >= 0.3 is 5.97 Å². The quantitative estimate of drug-likeness (QED) is 0.643. The van der Waals surface area contributed by atoms with Crippen molar-refractivity contribution in [3.05, 3.63) is 0 Å². The van der Waals surface area contributed by atoms with Gasteiger partial charge in [0.15, 0.2) is 0 Å². The molecule has 0 spiro atoms. The van der Waals surface area contributed by atoms with Gasteiger partial charge in [0.2, 0.25) is 0 Å². The summed E-state index contributed by atoms with van der Waals surface area (Å²) in [5, 5.41) is 9.30. The summed E-state index contributed by atoms with van der Waals surface area (Å²) in [6.45, 7) is 6.05. The second-order valence-electron chi connectivity index (χ2n) is 3.62. The van der Waals surface area contributed by atoms with Crippen LogP contribution in [0.15, 0.2) is 0 Å². The second kappa shape index (κ2) is 6.82. The van der Waals surface area contributed by atoms with Gasteiger partial charge in [-0.15, -0.1) is 0 Å². The number of ether oxygens (including phenoxy) is 1. The summed E-state index contributed by atoms with van der Waals surface area (Å²) in [4.78, 5) is 11.7. The predicted octanol–water partition coefficient (Wildman–Crippen LogP) is 2.13. The molecule has 84 valence electrons. The van der Waals surface area contributed by atoms with E-state index in [2.05, 4.69) is 6.92 Å². The first-order valence-electron chi connectivity index (χ1n) is 5.45. The van der Waals surface area contributed by atoms with Crippen LogP contribution in [0, 0.1) is 5.41 Å². The number of hydrogen-bond donors (Lipinski definition) is 1. The van der Waals surface area contributed by atoms with Gasteiger partial charge in [0.05, 0.1) is 18.6 Å². The highest BCUT2D eigenvalue weighted by Gasteiger charge is 2.36. The standard InChI is InChI=1S/C11H22O3/c1-4-7-8-11(5-2,9-12)10(13)14-6-3/h12H,4-9H2,1-3H3/t11-/m1/s1. The number of carbonyl (C=O) groups is 1. The van der Waals surface area contributed by atoms with Gasteiger partial charge in [-0.1, -0.05) is 26.7 Å². The minimum absolute atomic E-state index is 0.109. The lowest BCUT2D eigenvalue weighted by molar-refractivity contribution is -0.159. The number of carbonyl (C=O) groups excluding carboxylic acids is 1. The van der Waals surface area contributed by atoms with Crippen molar-refractivity contribution in [2.75, 3.05) is 13.2 Å². The van der Waals surface area contributed by atoms with Gasteiger partial charge < -0.3 is 9.84 Å². The molecular weight excluding hydrogens is 180 g/mol. The third-order valence-electron chi connectivity index (χ3n) is 2.70. The average molecular weight is 202 g/mol. The van der Waals surface area contributed by atoms with Crippen molar-refractivity contribution in [1.82, 2.24) is 0 Å². The summed E-state index contributed by atoms with van der Waals surface area (Å²) in [5.41, 5.74) is -0.661. The Bertz CT molecular complexity index is 162. The molecule has 0 aromatic carbocycles. The van der Waals surface area contributed by atoms with Crippen LogP contribution in [-0.2, 0) is 9.53 Å². The molecule has 0 saturated heterocycles. The summed E-state index contributed by atoms with van der Waals surface area (Å²) >= 11 is 0. The molecule has 0 unspecified atom stereocenters. The molecule has 3 nitrogen and oxygen atoms in total. The van der Waals surface area contributed by atoms with E-state index in [1.165, 1.54) is 0 Å². The van der Waals surface area contributed by atoms with Crippen molar-refractivity contribution in [3.8, 4) is 0 Å². The number of esters is 1. The zero-order valence-electron chi connectivity index (χ0n) is 9.51. The van der Waals surface area contributed by atoms with Crippen molar-refractivity contribution in [3.63, 3.8) is 0 Å².